The number of aliphatic hydroxyl groups is 1. The van der Waals surface area contributed by atoms with Gasteiger partial charge in [-0.25, -0.2) is 0 Å². The Hall–Kier alpha value is -1.28. The maximum atomic E-state index is 9.64. The predicted molar refractivity (Wildman–Crippen MR) is 54.6 cm³/mol. The monoisotopic (exact) mass is 190 g/mol. The Balaban J connectivity index is 2.23. The average Bonchev–Trinajstić information content (AvgIpc) is 2.23. The highest BCUT2D eigenvalue weighted by molar-refractivity contribution is 5.20. The highest BCUT2D eigenvalue weighted by Gasteiger charge is 2.27. The number of hydrogen-bond acceptors (Lipinski definition) is 2. The first-order chi connectivity index (χ1) is 6.79. The van der Waals surface area contributed by atoms with Gasteiger partial charge in [-0.1, -0.05) is 37.3 Å². The zero-order valence-electron chi connectivity index (χ0n) is 8.13. The second kappa shape index (κ2) is 3.84. The molecule has 2 nitrogen and oxygen atoms in total. The fraction of sp³-hybridized carbons (Fsp3) is 0.333. The fourth-order valence-electron chi connectivity index (χ4n) is 1.71. The number of hydrogen-bond donors (Lipinski definition) is 1. The van der Waals surface area contributed by atoms with Crippen LogP contribution < -0.4 is 0 Å². The molecule has 1 aliphatic rings. The quantitative estimate of drug-likeness (QED) is 0.736. The minimum Gasteiger partial charge on any atom is -0.493 e. The first-order valence-electron chi connectivity index (χ1n) is 4.84. The van der Waals surface area contributed by atoms with E-state index in [2.05, 4.69) is 0 Å². The summed E-state index contributed by atoms with van der Waals surface area (Å²) in [6, 6.07) is 9.98. The summed E-state index contributed by atoms with van der Waals surface area (Å²) in [4.78, 5) is 0. The summed E-state index contributed by atoms with van der Waals surface area (Å²) in [5.74, 6) is 0.0994. The number of rotatable bonds is 1. The molecular formula is C12H14O2. The Morgan fingerprint density at radius 1 is 1.21 bits per heavy atom. The molecule has 0 saturated carbocycles. The summed E-state index contributed by atoms with van der Waals surface area (Å²) in [7, 11) is 0. The van der Waals surface area contributed by atoms with Gasteiger partial charge in [0.2, 0.25) is 0 Å². The largest absolute Gasteiger partial charge is 0.493 e. The molecule has 0 amide bonds. The van der Waals surface area contributed by atoms with Crippen molar-refractivity contribution in [3.8, 4) is 0 Å². The van der Waals surface area contributed by atoms with E-state index < -0.39 is 6.10 Å². The lowest BCUT2D eigenvalue weighted by molar-refractivity contribution is 0.0103. The van der Waals surface area contributed by atoms with E-state index in [1.54, 1.807) is 12.3 Å². The topological polar surface area (TPSA) is 29.5 Å². The van der Waals surface area contributed by atoms with E-state index in [0.29, 0.717) is 0 Å². The van der Waals surface area contributed by atoms with E-state index in [4.69, 9.17) is 4.74 Å². The lowest BCUT2D eigenvalue weighted by Crippen LogP contribution is -2.26. The van der Waals surface area contributed by atoms with E-state index in [1.165, 1.54) is 0 Å². The highest BCUT2D eigenvalue weighted by Crippen LogP contribution is 2.31. The van der Waals surface area contributed by atoms with Crippen LogP contribution in [0, 0.1) is 5.92 Å². The third-order valence-electron chi connectivity index (χ3n) is 2.65. The lowest BCUT2D eigenvalue weighted by Gasteiger charge is -2.29. The van der Waals surface area contributed by atoms with Gasteiger partial charge in [0.05, 0.1) is 12.4 Å². The van der Waals surface area contributed by atoms with Crippen LogP contribution in [0.15, 0.2) is 42.7 Å². The molecule has 1 aromatic rings. The van der Waals surface area contributed by atoms with E-state index in [1.807, 2.05) is 37.3 Å². The Labute approximate surface area is 83.8 Å². The molecule has 0 radical (unpaired) electrons. The van der Waals surface area contributed by atoms with Crippen molar-refractivity contribution in [3.63, 3.8) is 0 Å². The van der Waals surface area contributed by atoms with E-state index in [9.17, 15) is 5.11 Å². The Morgan fingerprint density at radius 2 is 1.93 bits per heavy atom. The van der Waals surface area contributed by atoms with Crippen molar-refractivity contribution >= 4 is 0 Å². The van der Waals surface area contributed by atoms with Crippen molar-refractivity contribution in [2.24, 2.45) is 5.92 Å². The van der Waals surface area contributed by atoms with Crippen LogP contribution in [0.25, 0.3) is 0 Å². The van der Waals surface area contributed by atoms with Crippen LogP contribution in [-0.2, 0) is 4.74 Å². The Kier molecular flexibility index (Phi) is 2.55. The number of benzene rings is 1. The first-order valence-corrected chi connectivity index (χ1v) is 4.84. The van der Waals surface area contributed by atoms with Gasteiger partial charge in [0, 0.05) is 5.92 Å². The molecule has 0 fully saturated rings. The van der Waals surface area contributed by atoms with Gasteiger partial charge in [0.15, 0.2) is 0 Å². The molecule has 74 valence electrons. The zero-order chi connectivity index (χ0) is 9.97. The molecule has 2 heteroatoms. The van der Waals surface area contributed by atoms with Crippen LogP contribution >= 0.6 is 0 Å². The van der Waals surface area contributed by atoms with Gasteiger partial charge >= 0.3 is 0 Å². The van der Waals surface area contributed by atoms with Crippen LogP contribution in [-0.4, -0.2) is 11.2 Å². The molecule has 1 aliphatic heterocycles. The second-order valence-electron chi connectivity index (χ2n) is 3.65. The molecule has 14 heavy (non-hydrogen) atoms. The highest BCUT2D eigenvalue weighted by atomic mass is 16.5. The molecule has 0 saturated heterocycles. The van der Waals surface area contributed by atoms with Crippen molar-refractivity contribution in [2.75, 3.05) is 0 Å². The molecule has 1 N–H and O–H groups in total. The third-order valence-corrected chi connectivity index (χ3v) is 2.65. The van der Waals surface area contributed by atoms with Gasteiger partial charge < -0.3 is 9.84 Å². The molecule has 1 aromatic carbocycles. The summed E-state index contributed by atoms with van der Waals surface area (Å²) in [6.45, 7) is 1.99. The molecule has 0 aromatic heterocycles. The molecule has 0 unspecified atom stereocenters. The zero-order valence-corrected chi connectivity index (χ0v) is 8.13. The minimum atomic E-state index is -0.408. The van der Waals surface area contributed by atoms with Crippen LogP contribution in [0.2, 0.25) is 0 Å². The maximum Gasteiger partial charge on any atom is 0.128 e. The lowest BCUT2D eigenvalue weighted by atomic mass is 9.91. The van der Waals surface area contributed by atoms with Crippen LogP contribution in [0.1, 0.15) is 18.6 Å². The second-order valence-corrected chi connectivity index (χ2v) is 3.65. The maximum absolute atomic E-state index is 9.64. The molecule has 0 aliphatic carbocycles. The number of aliphatic hydroxyl groups excluding tert-OH is 1. The average molecular weight is 190 g/mol. The van der Waals surface area contributed by atoms with Gasteiger partial charge in [-0.05, 0) is 11.6 Å². The van der Waals surface area contributed by atoms with Gasteiger partial charge in [0.1, 0.15) is 6.10 Å². The Bertz CT molecular complexity index is 318. The summed E-state index contributed by atoms with van der Waals surface area (Å²) in [5.41, 5.74) is 1.11. The third kappa shape index (κ3) is 1.66. The fourth-order valence-corrected chi connectivity index (χ4v) is 1.71. The summed E-state index contributed by atoms with van der Waals surface area (Å²) in [6.07, 6.45) is 2.83. The summed E-state index contributed by atoms with van der Waals surface area (Å²) < 4.78 is 5.51. The van der Waals surface area contributed by atoms with Gasteiger partial charge in [-0.15, -0.1) is 0 Å². The summed E-state index contributed by atoms with van der Waals surface area (Å²) >= 11 is 0. The minimum absolute atomic E-state index is 0.0313. The normalized spacial score (nSPS) is 31.1. The standard InChI is InChI=1S/C12H14O2/c1-9-11(13)7-8-14-12(9)10-5-3-2-4-6-10/h2-9,11-13H,1H3/t9-,11-,12+/m1/s1. The molecular weight excluding hydrogens is 176 g/mol. The molecule has 3 atom stereocenters. The van der Waals surface area contributed by atoms with Crippen LogP contribution in [0.4, 0.5) is 0 Å². The van der Waals surface area contributed by atoms with Crippen molar-refractivity contribution in [2.45, 2.75) is 19.1 Å². The van der Waals surface area contributed by atoms with Crippen molar-refractivity contribution in [3.05, 3.63) is 48.2 Å². The van der Waals surface area contributed by atoms with Crippen LogP contribution in [0.5, 0.6) is 0 Å². The van der Waals surface area contributed by atoms with Gasteiger partial charge in [0.25, 0.3) is 0 Å². The SMILES string of the molecule is C[C@@H]1[C@H](O)C=CO[C@@H]1c1ccccc1. The summed E-state index contributed by atoms with van der Waals surface area (Å²) in [5, 5.41) is 9.64. The smallest absolute Gasteiger partial charge is 0.128 e. The molecule has 1 heterocycles. The Morgan fingerprint density at radius 3 is 2.64 bits per heavy atom. The van der Waals surface area contributed by atoms with Gasteiger partial charge in [-0.2, -0.15) is 0 Å². The molecule has 2 rings (SSSR count). The van der Waals surface area contributed by atoms with Crippen molar-refractivity contribution in [1.29, 1.82) is 0 Å². The molecule has 0 bridgehead atoms. The van der Waals surface area contributed by atoms with Crippen LogP contribution in [0.3, 0.4) is 0 Å². The molecule has 0 spiro atoms. The number of ether oxygens (including phenoxy) is 1. The van der Waals surface area contributed by atoms with Crippen molar-refractivity contribution < 1.29 is 9.84 Å². The first kappa shape index (κ1) is 9.28. The van der Waals surface area contributed by atoms with E-state index in [0.717, 1.165) is 5.56 Å². The van der Waals surface area contributed by atoms with Gasteiger partial charge in [-0.3, -0.25) is 0 Å². The predicted octanol–water partition coefficient (Wildman–Crippen LogP) is 2.27. The van der Waals surface area contributed by atoms with E-state index >= 15 is 0 Å². The van der Waals surface area contributed by atoms with Crippen molar-refractivity contribution in [1.82, 2.24) is 0 Å². The van der Waals surface area contributed by atoms with E-state index in [-0.39, 0.29) is 12.0 Å².